The van der Waals surface area contributed by atoms with E-state index in [2.05, 4.69) is 31.2 Å². The second-order valence-corrected chi connectivity index (χ2v) is 7.07. The molecule has 0 aromatic heterocycles. The number of benzene rings is 1. The van der Waals surface area contributed by atoms with E-state index in [-0.39, 0.29) is 6.42 Å². The Labute approximate surface area is 138 Å². The highest BCUT2D eigenvalue weighted by Crippen LogP contribution is 2.37. The van der Waals surface area contributed by atoms with Crippen LogP contribution in [0.2, 0.25) is 0 Å². The molecule has 130 valence electrons. The van der Waals surface area contributed by atoms with Gasteiger partial charge in [0.1, 0.15) is 0 Å². The van der Waals surface area contributed by atoms with E-state index >= 15 is 0 Å². The van der Waals surface area contributed by atoms with Crippen LogP contribution in [0.15, 0.2) is 24.3 Å². The Hall–Kier alpha value is -0.990. The van der Waals surface area contributed by atoms with E-state index < -0.39 is 12.6 Å². The van der Waals surface area contributed by atoms with Crippen molar-refractivity contribution in [3.8, 4) is 0 Å². The lowest BCUT2D eigenvalue weighted by molar-refractivity contribution is -0.135. The largest absolute Gasteiger partial charge is 0.389 e. The third-order valence-corrected chi connectivity index (χ3v) is 5.17. The molecule has 23 heavy (non-hydrogen) atoms. The van der Waals surface area contributed by atoms with Crippen LogP contribution in [0.3, 0.4) is 0 Å². The molecule has 0 N–H and O–H groups in total. The summed E-state index contributed by atoms with van der Waals surface area (Å²) in [5.74, 6) is 1.60. The quantitative estimate of drug-likeness (QED) is 0.472. The highest BCUT2D eigenvalue weighted by molar-refractivity contribution is 5.25. The first kappa shape index (κ1) is 18.4. The molecule has 0 aliphatic heterocycles. The second-order valence-electron chi connectivity index (χ2n) is 7.07. The fraction of sp³-hybridized carbons (Fsp3) is 0.700. The van der Waals surface area contributed by atoms with Crippen molar-refractivity contribution in [2.75, 3.05) is 0 Å². The zero-order chi connectivity index (χ0) is 16.7. The number of hydrogen-bond donors (Lipinski definition) is 0. The summed E-state index contributed by atoms with van der Waals surface area (Å²) < 4.78 is 36.3. The molecule has 0 nitrogen and oxygen atoms in total. The number of unbranched alkanes of at least 4 members (excludes halogenated alkanes) is 1. The van der Waals surface area contributed by atoms with Crippen LogP contribution in [0.4, 0.5) is 13.2 Å². The molecule has 1 saturated carbocycles. The van der Waals surface area contributed by atoms with Gasteiger partial charge in [0.05, 0.1) is 0 Å². The van der Waals surface area contributed by atoms with Crippen molar-refractivity contribution in [3.63, 3.8) is 0 Å². The number of halogens is 3. The van der Waals surface area contributed by atoms with Gasteiger partial charge in [-0.3, -0.25) is 0 Å². The molecule has 0 radical (unpaired) electrons. The molecule has 0 heterocycles. The third kappa shape index (κ3) is 6.56. The summed E-state index contributed by atoms with van der Waals surface area (Å²) in [4.78, 5) is 0. The minimum Gasteiger partial charge on any atom is -0.171 e. The lowest BCUT2D eigenvalue weighted by atomic mass is 9.77. The Kier molecular flexibility index (Phi) is 6.98. The molecular formula is C20H29F3. The van der Waals surface area contributed by atoms with Crippen LogP contribution in [0.1, 0.15) is 81.8 Å². The summed E-state index contributed by atoms with van der Waals surface area (Å²) in [6.07, 6.45) is 4.84. The van der Waals surface area contributed by atoms with E-state index in [1.165, 1.54) is 44.1 Å². The average molecular weight is 326 g/mol. The Balaban J connectivity index is 1.74. The van der Waals surface area contributed by atoms with Gasteiger partial charge in [-0.25, -0.2) is 0 Å². The highest BCUT2D eigenvalue weighted by atomic mass is 19.4. The summed E-state index contributed by atoms with van der Waals surface area (Å²) in [5.41, 5.74) is 2.58. The van der Waals surface area contributed by atoms with Crippen LogP contribution in [-0.4, -0.2) is 6.18 Å². The molecule has 3 heteroatoms. The number of rotatable bonds is 7. The maximum absolute atomic E-state index is 12.1. The summed E-state index contributed by atoms with van der Waals surface area (Å²) in [6.45, 7) is 2.26. The SMILES string of the molecule is CCCC1CCC(c2ccc(CCCCC(F)(F)F)cc2)CC1. The van der Waals surface area contributed by atoms with Gasteiger partial charge in [-0.15, -0.1) is 0 Å². The summed E-state index contributed by atoms with van der Waals surface area (Å²) in [6, 6.07) is 8.62. The van der Waals surface area contributed by atoms with Crippen molar-refractivity contribution < 1.29 is 13.2 Å². The monoisotopic (exact) mass is 326 g/mol. The van der Waals surface area contributed by atoms with Crippen molar-refractivity contribution in [3.05, 3.63) is 35.4 Å². The third-order valence-electron chi connectivity index (χ3n) is 5.17. The first-order valence-electron chi connectivity index (χ1n) is 9.13. The van der Waals surface area contributed by atoms with Crippen LogP contribution >= 0.6 is 0 Å². The molecule has 1 aromatic rings. The minimum atomic E-state index is -4.01. The van der Waals surface area contributed by atoms with Gasteiger partial charge in [-0.1, -0.05) is 44.0 Å². The van der Waals surface area contributed by atoms with Crippen molar-refractivity contribution in [1.29, 1.82) is 0 Å². The number of hydrogen-bond acceptors (Lipinski definition) is 0. The molecule has 1 aromatic carbocycles. The van der Waals surface area contributed by atoms with Gasteiger partial charge in [0, 0.05) is 6.42 Å². The fourth-order valence-corrected chi connectivity index (χ4v) is 3.80. The summed E-state index contributed by atoms with van der Waals surface area (Å²) >= 11 is 0. The Morgan fingerprint density at radius 1 is 0.957 bits per heavy atom. The van der Waals surface area contributed by atoms with E-state index in [9.17, 15) is 13.2 Å². The van der Waals surface area contributed by atoms with Crippen LogP contribution in [0.25, 0.3) is 0 Å². The first-order chi connectivity index (χ1) is 11.0. The molecule has 1 fully saturated rings. The molecule has 0 saturated heterocycles. The van der Waals surface area contributed by atoms with Crippen molar-refractivity contribution in [2.45, 2.75) is 83.2 Å². The lowest BCUT2D eigenvalue weighted by Gasteiger charge is -2.28. The predicted molar refractivity (Wildman–Crippen MR) is 89.7 cm³/mol. The topological polar surface area (TPSA) is 0 Å². The van der Waals surface area contributed by atoms with Gasteiger partial charge in [0.15, 0.2) is 0 Å². The van der Waals surface area contributed by atoms with E-state index in [0.29, 0.717) is 12.3 Å². The van der Waals surface area contributed by atoms with Gasteiger partial charge >= 0.3 is 6.18 Å². The number of alkyl halides is 3. The smallest absolute Gasteiger partial charge is 0.171 e. The molecular weight excluding hydrogens is 297 g/mol. The van der Waals surface area contributed by atoms with E-state index in [1.54, 1.807) is 0 Å². The Bertz CT molecular complexity index is 439. The maximum atomic E-state index is 12.1. The first-order valence-corrected chi connectivity index (χ1v) is 9.13. The standard InChI is InChI=1S/C20H29F3/c1-2-5-16-7-11-18(12-8-16)19-13-9-17(10-14-19)6-3-4-15-20(21,22)23/h9-10,13-14,16,18H,2-8,11-12,15H2,1H3. The number of aryl methyl sites for hydroxylation is 1. The summed E-state index contributed by atoms with van der Waals surface area (Å²) in [5, 5.41) is 0. The molecule has 1 aliphatic carbocycles. The molecule has 0 amide bonds. The van der Waals surface area contributed by atoms with E-state index in [4.69, 9.17) is 0 Å². The van der Waals surface area contributed by atoms with Gasteiger partial charge in [0.2, 0.25) is 0 Å². The van der Waals surface area contributed by atoms with Crippen LogP contribution in [0, 0.1) is 5.92 Å². The van der Waals surface area contributed by atoms with E-state index in [0.717, 1.165) is 17.9 Å². The zero-order valence-electron chi connectivity index (χ0n) is 14.2. The van der Waals surface area contributed by atoms with Crippen LogP contribution < -0.4 is 0 Å². The minimum absolute atomic E-state index is 0.229. The molecule has 0 spiro atoms. The van der Waals surface area contributed by atoms with Crippen LogP contribution in [0.5, 0.6) is 0 Å². The fourth-order valence-electron chi connectivity index (χ4n) is 3.80. The molecule has 0 unspecified atom stereocenters. The van der Waals surface area contributed by atoms with Crippen molar-refractivity contribution in [1.82, 2.24) is 0 Å². The molecule has 0 atom stereocenters. The van der Waals surface area contributed by atoms with Gasteiger partial charge in [-0.05, 0) is 67.9 Å². The normalized spacial score (nSPS) is 22.3. The highest BCUT2D eigenvalue weighted by Gasteiger charge is 2.25. The Morgan fingerprint density at radius 3 is 2.17 bits per heavy atom. The van der Waals surface area contributed by atoms with Gasteiger partial charge < -0.3 is 0 Å². The van der Waals surface area contributed by atoms with Gasteiger partial charge in [0.25, 0.3) is 0 Å². The average Bonchev–Trinajstić information content (AvgIpc) is 2.52. The second kappa shape index (κ2) is 8.75. The van der Waals surface area contributed by atoms with Crippen molar-refractivity contribution >= 4 is 0 Å². The Morgan fingerprint density at radius 2 is 1.61 bits per heavy atom. The molecule has 2 rings (SSSR count). The molecule has 1 aliphatic rings. The predicted octanol–water partition coefficient (Wildman–Crippen LogP) is 7.04. The van der Waals surface area contributed by atoms with Gasteiger partial charge in [-0.2, -0.15) is 13.2 Å². The van der Waals surface area contributed by atoms with Crippen molar-refractivity contribution in [2.24, 2.45) is 5.92 Å². The zero-order valence-corrected chi connectivity index (χ0v) is 14.2. The summed E-state index contributed by atoms with van der Waals surface area (Å²) in [7, 11) is 0. The lowest BCUT2D eigenvalue weighted by Crippen LogP contribution is -2.13. The molecule has 0 bridgehead atoms. The van der Waals surface area contributed by atoms with E-state index in [1.807, 2.05) is 0 Å². The maximum Gasteiger partial charge on any atom is 0.389 e. The van der Waals surface area contributed by atoms with Crippen LogP contribution in [-0.2, 0) is 6.42 Å².